The lowest BCUT2D eigenvalue weighted by molar-refractivity contribution is -0.137. The second-order valence-electron chi connectivity index (χ2n) is 15.0. The predicted molar refractivity (Wildman–Crippen MR) is 209 cm³/mol. The zero-order valence-electron chi connectivity index (χ0n) is 31.3. The van der Waals surface area contributed by atoms with Crippen LogP contribution in [0, 0.1) is 17.8 Å². The molecule has 4 unspecified atom stereocenters. The SMILES string of the molecule is COC(=O)N[C@H](C(=O)N1CCC[C@H]1c1ncc(-c2ccc(-c3ccc(-c4cnc(C5C6CCC(C6)C5C(=O)Nc5ccccc5)[nH]4)cc3)cc2)[nH]1)[C@@H](C)OC. The molecule has 284 valence electrons. The third kappa shape index (κ3) is 7.26. The van der Waals surface area contributed by atoms with Gasteiger partial charge in [0, 0.05) is 25.3 Å². The number of methoxy groups -OCH3 is 2. The van der Waals surface area contributed by atoms with Crippen LogP contribution in [0.4, 0.5) is 10.5 Å². The summed E-state index contributed by atoms with van der Waals surface area (Å²) in [4.78, 5) is 57.4. The third-order valence-electron chi connectivity index (χ3n) is 11.9. The standard InChI is InChI=1S/C43H47N7O5/c1-25(54-2)38(49-43(53)55-3)42(52)50-21-7-10-35(50)39-44-23-33(47-39)28-15-11-26(12-16-28)27-13-17-29(18-14-27)34-24-45-40(48-34)36-30-19-20-31(22-30)37(36)41(51)46-32-8-5-4-6-9-32/h4-6,8-9,11-18,23-25,30-31,35-38H,7,10,19-22H2,1-3H3,(H,44,47)(H,45,48)(H,46,51)(H,49,53)/t25-,30?,31?,35+,36?,37?,38+/m1/s1. The first-order valence-electron chi connectivity index (χ1n) is 19.2. The van der Waals surface area contributed by atoms with E-state index in [2.05, 4.69) is 74.1 Å². The van der Waals surface area contributed by atoms with Gasteiger partial charge in [0.1, 0.15) is 17.7 Å². The fourth-order valence-corrected chi connectivity index (χ4v) is 8.99. The van der Waals surface area contributed by atoms with Crippen molar-refractivity contribution in [1.82, 2.24) is 30.2 Å². The highest BCUT2D eigenvalue weighted by Crippen LogP contribution is 2.56. The van der Waals surface area contributed by atoms with E-state index in [-0.39, 0.29) is 29.7 Å². The number of anilines is 1. The zero-order valence-corrected chi connectivity index (χ0v) is 31.3. The molecular formula is C43H47N7O5. The number of amides is 3. The fraction of sp³-hybridized carbons (Fsp3) is 0.372. The van der Waals surface area contributed by atoms with Crippen LogP contribution in [0.25, 0.3) is 33.6 Å². The summed E-state index contributed by atoms with van der Waals surface area (Å²) < 4.78 is 10.2. The number of H-pyrrole nitrogens is 2. The van der Waals surface area contributed by atoms with Gasteiger partial charge in [0.05, 0.1) is 49.0 Å². The molecular weight excluding hydrogens is 695 g/mol. The van der Waals surface area contributed by atoms with Crippen LogP contribution in [0.1, 0.15) is 62.6 Å². The summed E-state index contributed by atoms with van der Waals surface area (Å²) >= 11 is 0. The van der Waals surface area contributed by atoms with Crippen LogP contribution in [-0.2, 0) is 19.1 Å². The molecule has 3 amide bonds. The highest BCUT2D eigenvalue weighted by Gasteiger charge is 2.52. The topological polar surface area (TPSA) is 154 Å². The Hall–Kier alpha value is -5.75. The van der Waals surface area contributed by atoms with Crippen molar-refractivity contribution in [3.8, 4) is 33.6 Å². The summed E-state index contributed by atoms with van der Waals surface area (Å²) in [6, 6.07) is 25.3. The van der Waals surface area contributed by atoms with Gasteiger partial charge in [-0.15, -0.1) is 0 Å². The molecule has 12 heteroatoms. The normalized spacial score (nSPS) is 22.7. The van der Waals surface area contributed by atoms with Crippen molar-refractivity contribution in [2.24, 2.45) is 17.8 Å². The Balaban J connectivity index is 0.929. The van der Waals surface area contributed by atoms with Crippen LogP contribution in [0.5, 0.6) is 0 Å². The maximum absolute atomic E-state index is 13.6. The minimum Gasteiger partial charge on any atom is -0.453 e. The van der Waals surface area contributed by atoms with Crippen LogP contribution in [0.2, 0.25) is 0 Å². The molecule has 2 aliphatic carbocycles. The Morgan fingerprint density at radius 2 is 1.38 bits per heavy atom. The summed E-state index contributed by atoms with van der Waals surface area (Å²) in [6.07, 6.45) is 7.37. The summed E-state index contributed by atoms with van der Waals surface area (Å²) in [6.45, 7) is 2.30. The minimum absolute atomic E-state index is 0.0853. The van der Waals surface area contributed by atoms with Gasteiger partial charge in [-0.25, -0.2) is 14.8 Å². The highest BCUT2D eigenvalue weighted by molar-refractivity contribution is 5.93. The molecule has 2 saturated carbocycles. The second-order valence-corrected chi connectivity index (χ2v) is 15.0. The van der Waals surface area contributed by atoms with E-state index < -0.39 is 18.2 Å². The molecule has 1 aliphatic heterocycles. The molecule has 55 heavy (non-hydrogen) atoms. The molecule has 1 saturated heterocycles. The van der Waals surface area contributed by atoms with Crippen LogP contribution >= 0.6 is 0 Å². The molecule has 3 aliphatic rings. The Bertz CT molecular complexity index is 2130. The third-order valence-corrected chi connectivity index (χ3v) is 11.9. The molecule has 0 radical (unpaired) electrons. The Kier molecular flexibility index (Phi) is 10.2. The van der Waals surface area contributed by atoms with E-state index in [4.69, 9.17) is 14.5 Å². The van der Waals surface area contributed by atoms with E-state index in [0.29, 0.717) is 24.2 Å². The van der Waals surface area contributed by atoms with Crippen LogP contribution in [0.3, 0.4) is 0 Å². The molecule has 0 spiro atoms. The van der Waals surface area contributed by atoms with Gasteiger partial charge < -0.3 is 35.0 Å². The zero-order chi connectivity index (χ0) is 38.1. The number of carbonyl (C=O) groups is 3. The van der Waals surface area contributed by atoms with E-state index in [1.165, 1.54) is 14.2 Å². The van der Waals surface area contributed by atoms with Gasteiger partial charge in [-0.3, -0.25) is 9.59 Å². The lowest BCUT2D eigenvalue weighted by Crippen LogP contribution is -2.54. The fourth-order valence-electron chi connectivity index (χ4n) is 8.99. The minimum atomic E-state index is -0.883. The van der Waals surface area contributed by atoms with Crippen molar-refractivity contribution in [3.05, 3.63) is 103 Å². The smallest absolute Gasteiger partial charge is 0.407 e. The number of aromatic amines is 2. The number of aromatic nitrogens is 4. The average Bonchev–Trinajstić information content (AvgIpc) is 4.08. The van der Waals surface area contributed by atoms with Gasteiger partial charge in [0.25, 0.3) is 0 Å². The van der Waals surface area contributed by atoms with Crippen molar-refractivity contribution in [2.75, 3.05) is 26.1 Å². The van der Waals surface area contributed by atoms with Crippen LogP contribution < -0.4 is 10.6 Å². The molecule has 5 aromatic rings. The largest absolute Gasteiger partial charge is 0.453 e. The second kappa shape index (κ2) is 15.5. The number of carbonyl (C=O) groups excluding carboxylic acids is 3. The monoisotopic (exact) mass is 741 g/mol. The number of rotatable bonds is 11. The molecule has 2 bridgehead atoms. The number of benzene rings is 3. The number of fused-ring (bicyclic) bond motifs is 2. The van der Waals surface area contributed by atoms with Gasteiger partial charge in [-0.05, 0) is 85.3 Å². The Labute approximate surface area is 320 Å². The number of hydrogen-bond acceptors (Lipinski definition) is 7. The maximum Gasteiger partial charge on any atom is 0.407 e. The molecule has 3 fully saturated rings. The van der Waals surface area contributed by atoms with Crippen LogP contribution in [0.15, 0.2) is 91.3 Å². The van der Waals surface area contributed by atoms with Crippen molar-refractivity contribution in [2.45, 2.75) is 63.1 Å². The number of hydrogen-bond donors (Lipinski definition) is 4. The predicted octanol–water partition coefficient (Wildman–Crippen LogP) is 7.33. The van der Waals surface area contributed by atoms with E-state index >= 15 is 0 Å². The molecule has 12 nitrogen and oxygen atoms in total. The first kappa shape index (κ1) is 36.2. The van der Waals surface area contributed by atoms with E-state index in [0.717, 1.165) is 77.3 Å². The number of para-hydroxylation sites is 1. The van der Waals surface area contributed by atoms with Crippen LogP contribution in [-0.4, -0.2) is 75.7 Å². The molecule has 8 rings (SSSR count). The quantitative estimate of drug-likeness (QED) is 0.111. The Morgan fingerprint density at radius 1 is 0.782 bits per heavy atom. The first-order chi connectivity index (χ1) is 26.8. The molecule has 4 N–H and O–H groups in total. The molecule has 2 aromatic heterocycles. The molecule has 7 atom stereocenters. The van der Waals surface area contributed by atoms with E-state index in [1.807, 2.05) is 36.5 Å². The molecule has 3 heterocycles. The van der Waals surface area contributed by atoms with Crippen molar-refractivity contribution in [1.29, 1.82) is 0 Å². The average molecular weight is 742 g/mol. The number of ether oxygens (including phenoxy) is 2. The number of imidazole rings is 2. The lowest BCUT2D eigenvalue weighted by atomic mass is 9.78. The number of alkyl carbamates (subject to hydrolysis) is 1. The highest BCUT2D eigenvalue weighted by atomic mass is 16.5. The summed E-state index contributed by atoms with van der Waals surface area (Å²) in [5.41, 5.74) is 6.83. The number of likely N-dealkylation sites (tertiary alicyclic amines) is 1. The maximum atomic E-state index is 13.6. The number of nitrogens with zero attached hydrogens (tertiary/aromatic N) is 3. The van der Waals surface area contributed by atoms with Crippen molar-refractivity contribution >= 4 is 23.6 Å². The first-order valence-corrected chi connectivity index (χ1v) is 19.2. The van der Waals surface area contributed by atoms with Gasteiger partial charge >= 0.3 is 6.09 Å². The van der Waals surface area contributed by atoms with Crippen molar-refractivity contribution < 1.29 is 23.9 Å². The lowest BCUT2D eigenvalue weighted by Gasteiger charge is -2.30. The summed E-state index contributed by atoms with van der Waals surface area (Å²) in [7, 11) is 2.77. The molecule has 3 aromatic carbocycles. The van der Waals surface area contributed by atoms with E-state index in [9.17, 15) is 14.4 Å². The van der Waals surface area contributed by atoms with Gasteiger partial charge in [0.2, 0.25) is 11.8 Å². The summed E-state index contributed by atoms with van der Waals surface area (Å²) in [5.74, 6) is 2.33. The Morgan fingerprint density at radius 3 is 2.02 bits per heavy atom. The van der Waals surface area contributed by atoms with Gasteiger partial charge in [-0.1, -0.05) is 66.7 Å². The van der Waals surface area contributed by atoms with Gasteiger partial charge in [0.15, 0.2) is 0 Å². The van der Waals surface area contributed by atoms with Crippen molar-refractivity contribution in [3.63, 3.8) is 0 Å². The van der Waals surface area contributed by atoms with E-state index in [1.54, 1.807) is 18.0 Å². The summed E-state index contributed by atoms with van der Waals surface area (Å²) in [5, 5.41) is 5.79. The number of nitrogens with one attached hydrogen (secondary N) is 4. The van der Waals surface area contributed by atoms with Gasteiger partial charge in [-0.2, -0.15) is 0 Å².